The van der Waals surface area contributed by atoms with Gasteiger partial charge in [0.1, 0.15) is 0 Å². The summed E-state index contributed by atoms with van der Waals surface area (Å²) >= 11 is 0. The van der Waals surface area contributed by atoms with Crippen molar-refractivity contribution in [3.63, 3.8) is 0 Å². The SMILES string of the molecule is CCC1OCCC1CNCc1c[nH]c2ccccc12. The minimum absolute atomic E-state index is 0.454. The van der Waals surface area contributed by atoms with Crippen molar-refractivity contribution in [1.29, 1.82) is 0 Å². The Hall–Kier alpha value is -1.32. The molecule has 2 heterocycles. The number of aromatic amines is 1. The van der Waals surface area contributed by atoms with E-state index in [-0.39, 0.29) is 0 Å². The highest BCUT2D eigenvalue weighted by Crippen LogP contribution is 2.23. The van der Waals surface area contributed by atoms with Crippen molar-refractivity contribution in [2.75, 3.05) is 13.2 Å². The van der Waals surface area contributed by atoms with Crippen molar-refractivity contribution in [2.24, 2.45) is 5.92 Å². The predicted octanol–water partition coefficient (Wildman–Crippen LogP) is 3.07. The number of aromatic nitrogens is 1. The number of rotatable bonds is 5. The van der Waals surface area contributed by atoms with Gasteiger partial charge < -0.3 is 15.0 Å². The fraction of sp³-hybridized carbons (Fsp3) is 0.500. The molecule has 0 aliphatic carbocycles. The van der Waals surface area contributed by atoms with Gasteiger partial charge in [-0.05, 0) is 30.4 Å². The van der Waals surface area contributed by atoms with Gasteiger partial charge in [-0.3, -0.25) is 0 Å². The third kappa shape index (κ3) is 2.67. The quantitative estimate of drug-likeness (QED) is 0.865. The van der Waals surface area contributed by atoms with Crippen molar-refractivity contribution in [3.05, 3.63) is 36.0 Å². The molecular weight excluding hydrogens is 236 g/mol. The van der Waals surface area contributed by atoms with Gasteiger partial charge in [0.05, 0.1) is 6.10 Å². The molecule has 1 fully saturated rings. The topological polar surface area (TPSA) is 37.0 Å². The van der Waals surface area contributed by atoms with Crippen molar-refractivity contribution in [1.82, 2.24) is 10.3 Å². The standard InChI is InChI=1S/C16H22N2O/c1-2-16-12(7-8-19-16)9-17-10-13-11-18-15-6-4-3-5-14(13)15/h3-6,11-12,16-18H,2,7-10H2,1H3. The van der Waals surface area contributed by atoms with Gasteiger partial charge in [-0.25, -0.2) is 0 Å². The molecule has 102 valence electrons. The van der Waals surface area contributed by atoms with E-state index in [0.717, 1.165) is 26.1 Å². The molecule has 1 aliphatic heterocycles. The highest BCUT2D eigenvalue weighted by Gasteiger charge is 2.25. The van der Waals surface area contributed by atoms with E-state index < -0.39 is 0 Å². The molecular formula is C16H22N2O. The summed E-state index contributed by atoms with van der Waals surface area (Å²) in [5.74, 6) is 0.676. The van der Waals surface area contributed by atoms with Crippen LogP contribution in [0.5, 0.6) is 0 Å². The molecule has 19 heavy (non-hydrogen) atoms. The largest absolute Gasteiger partial charge is 0.378 e. The van der Waals surface area contributed by atoms with E-state index in [1.54, 1.807) is 0 Å². The lowest BCUT2D eigenvalue weighted by Crippen LogP contribution is -2.27. The minimum Gasteiger partial charge on any atom is -0.378 e. The first-order valence-corrected chi connectivity index (χ1v) is 7.25. The average molecular weight is 258 g/mol. The molecule has 1 saturated heterocycles. The van der Waals surface area contributed by atoms with Crippen molar-refractivity contribution in [3.8, 4) is 0 Å². The molecule has 0 bridgehead atoms. The zero-order chi connectivity index (χ0) is 13.1. The van der Waals surface area contributed by atoms with E-state index in [1.807, 2.05) is 0 Å². The number of para-hydroxylation sites is 1. The molecule has 1 aromatic heterocycles. The van der Waals surface area contributed by atoms with Crippen molar-refractivity contribution in [2.45, 2.75) is 32.4 Å². The third-order valence-corrected chi connectivity index (χ3v) is 4.15. The summed E-state index contributed by atoms with van der Waals surface area (Å²) in [6, 6.07) is 8.46. The molecule has 2 N–H and O–H groups in total. The Balaban J connectivity index is 1.57. The van der Waals surface area contributed by atoms with E-state index >= 15 is 0 Å². The highest BCUT2D eigenvalue weighted by molar-refractivity contribution is 5.82. The van der Waals surface area contributed by atoms with E-state index in [2.05, 4.69) is 47.7 Å². The van der Waals surface area contributed by atoms with Gasteiger partial charge >= 0.3 is 0 Å². The molecule has 1 aliphatic rings. The zero-order valence-corrected chi connectivity index (χ0v) is 11.5. The van der Waals surface area contributed by atoms with Gasteiger partial charge in [0.2, 0.25) is 0 Å². The Labute approximate surface area is 114 Å². The fourth-order valence-corrected chi connectivity index (χ4v) is 3.05. The monoisotopic (exact) mass is 258 g/mol. The lowest BCUT2D eigenvalue weighted by atomic mass is 9.99. The Morgan fingerprint density at radius 1 is 1.37 bits per heavy atom. The molecule has 3 rings (SSSR count). The number of fused-ring (bicyclic) bond motifs is 1. The van der Waals surface area contributed by atoms with Crippen molar-refractivity contribution >= 4 is 10.9 Å². The summed E-state index contributed by atoms with van der Waals surface area (Å²) < 4.78 is 5.73. The molecule has 3 heteroatoms. The molecule has 3 nitrogen and oxygen atoms in total. The average Bonchev–Trinajstić information content (AvgIpc) is 3.06. The third-order valence-electron chi connectivity index (χ3n) is 4.15. The molecule has 0 radical (unpaired) electrons. The maximum absolute atomic E-state index is 5.73. The lowest BCUT2D eigenvalue weighted by Gasteiger charge is -2.17. The van der Waals surface area contributed by atoms with E-state index in [4.69, 9.17) is 4.74 Å². The van der Waals surface area contributed by atoms with E-state index in [0.29, 0.717) is 12.0 Å². The first kappa shape index (κ1) is 12.7. The summed E-state index contributed by atoms with van der Waals surface area (Å²) in [5.41, 5.74) is 2.57. The van der Waals surface area contributed by atoms with E-state index in [9.17, 15) is 0 Å². The Morgan fingerprint density at radius 2 is 2.26 bits per heavy atom. The first-order chi connectivity index (χ1) is 9.38. The predicted molar refractivity (Wildman–Crippen MR) is 78.1 cm³/mol. The maximum Gasteiger partial charge on any atom is 0.0613 e. The second kappa shape index (κ2) is 5.76. The van der Waals surface area contributed by atoms with Gasteiger partial charge in [0.15, 0.2) is 0 Å². The smallest absolute Gasteiger partial charge is 0.0613 e. The van der Waals surface area contributed by atoms with Crippen LogP contribution in [0.15, 0.2) is 30.5 Å². The number of nitrogens with one attached hydrogen (secondary N) is 2. The van der Waals surface area contributed by atoms with Crippen LogP contribution >= 0.6 is 0 Å². The summed E-state index contributed by atoms with van der Waals surface area (Å²) in [4.78, 5) is 3.32. The minimum atomic E-state index is 0.454. The second-order valence-corrected chi connectivity index (χ2v) is 5.36. The van der Waals surface area contributed by atoms with Gasteiger partial charge in [-0.1, -0.05) is 25.1 Å². The van der Waals surface area contributed by atoms with Gasteiger partial charge in [0.25, 0.3) is 0 Å². The number of hydrogen-bond donors (Lipinski definition) is 2. The van der Waals surface area contributed by atoms with Crippen LogP contribution in [-0.4, -0.2) is 24.2 Å². The zero-order valence-electron chi connectivity index (χ0n) is 11.5. The number of ether oxygens (including phenoxy) is 1. The molecule has 2 aromatic rings. The number of benzene rings is 1. The number of hydrogen-bond acceptors (Lipinski definition) is 2. The summed E-state index contributed by atoms with van der Waals surface area (Å²) in [6.07, 6.45) is 4.88. The van der Waals surface area contributed by atoms with Gasteiger partial charge in [-0.15, -0.1) is 0 Å². The Kier molecular flexibility index (Phi) is 3.85. The Bertz CT molecular complexity index is 534. The van der Waals surface area contributed by atoms with Gasteiger partial charge in [-0.2, -0.15) is 0 Å². The molecule has 1 aromatic carbocycles. The molecule has 0 spiro atoms. The fourth-order valence-electron chi connectivity index (χ4n) is 3.05. The van der Waals surface area contributed by atoms with Crippen LogP contribution in [0.25, 0.3) is 10.9 Å². The molecule has 0 saturated carbocycles. The van der Waals surface area contributed by atoms with Gasteiger partial charge in [0, 0.05) is 36.8 Å². The van der Waals surface area contributed by atoms with Crippen LogP contribution in [0.3, 0.4) is 0 Å². The molecule has 2 unspecified atom stereocenters. The maximum atomic E-state index is 5.73. The van der Waals surface area contributed by atoms with E-state index in [1.165, 1.54) is 22.9 Å². The summed E-state index contributed by atoms with van der Waals surface area (Å²) in [5, 5.41) is 4.91. The normalized spacial score (nSPS) is 23.2. The summed E-state index contributed by atoms with van der Waals surface area (Å²) in [6.45, 7) is 5.12. The van der Waals surface area contributed by atoms with Crippen LogP contribution < -0.4 is 5.32 Å². The number of H-pyrrole nitrogens is 1. The van der Waals surface area contributed by atoms with Crippen LogP contribution in [0.1, 0.15) is 25.3 Å². The van der Waals surface area contributed by atoms with Crippen LogP contribution in [0.2, 0.25) is 0 Å². The van der Waals surface area contributed by atoms with Crippen LogP contribution in [0, 0.1) is 5.92 Å². The Morgan fingerprint density at radius 3 is 3.16 bits per heavy atom. The summed E-state index contributed by atoms with van der Waals surface area (Å²) in [7, 11) is 0. The van der Waals surface area contributed by atoms with Crippen molar-refractivity contribution < 1.29 is 4.74 Å². The highest BCUT2D eigenvalue weighted by atomic mass is 16.5. The second-order valence-electron chi connectivity index (χ2n) is 5.36. The van der Waals surface area contributed by atoms with Crippen LogP contribution in [0.4, 0.5) is 0 Å². The first-order valence-electron chi connectivity index (χ1n) is 7.25. The molecule has 0 amide bonds. The lowest BCUT2D eigenvalue weighted by molar-refractivity contribution is 0.0872. The molecule has 2 atom stereocenters. The van der Waals surface area contributed by atoms with Crippen LogP contribution in [-0.2, 0) is 11.3 Å².